The molecule has 5 nitrogen and oxygen atoms in total. The van der Waals surface area contributed by atoms with Crippen LogP contribution in [0.15, 0.2) is 4.52 Å². The van der Waals surface area contributed by atoms with Crippen molar-refractivity contribution in [3.8, 4) is 0 Å². The van der Waals surface area contributed by atoms with Gasteiger partial charge in [-0.2, -0.15) is 4.98 Å². The molecule has 1 aliphatic heterocycles. The Kier molecular flexibility index (Phi) is 3.84. The van der Waals surface area contributed by atoms with Crippen molar-refractivity contribution in [2.24, 2.45) is 5.73 Å². The highest BCUT2D eigenvalue weighted by atomic mass is 16.5. The molecule has 2 heterocycles. The number of nitrogens with zero attached hydrogens (tertiary/aromatic N) is 2. The Morgan fingerprint density at radius 3 is 2.79 bits per heavy atom. The summed E-state index contributed by atoms with van der Waals surface area (Å²) in [7, 11) is 0. The molecule has 2 fully saturated rings. The van der Waals surface area contributed by atoms with Gasteiger partial charge in [-0.1, -0.05) is 18.0 Å². The van der Waals surface area contributed by atoms with E-state index < -0.39 is 0 Å². The van der Waals surface area contributed by atoms with Crippen molar-refractivity contribution < 1.29 is 9.26 Å². The SMILES string of the molecule is NC1(Cc2nc(CC3CCCCO3)no2)CCCC1. The van der Waals surface area contributed by atoms with Gasteiger partial charge in [0.15, 0.2) is 5.82 Å². The van der Waals surface area contributed by atoms with Gasteiger partial charge in [0, 0.05) is 25.0 Å². The molecule has 1 aliphatic carbocycles. The van der Waals surface area contributed by atoms with Crippen molar-refractivity contribution in [3.05, 3.63) is 11.7 Å². The topological polar surface area (TPSA) is 74.2 Å². The molecular weight excluding hydrogens is 242 g/mol. The van der Waals surface area contributed by atoms with Crippen LogP contribution in [0.5, 0.6) is 0 Å². The zero-order valence-electron chi connectivity index (χ0n) is 11.4. The van der Waals surface area contributed by atoms with Gasteiger partial charge >= 0.3 is 0 Å². The van der Waals surface area contributed by atoms with Gasteiger partial charge in [-0.3, -0.25) is 0 Å². The van der Waals surface area contributed by atoms with Crippen LogP contribution in [0.4, 0.5) is 0 Å². The van der Waals surface area contributed by atoms with Crippen molar-refractivity contribution in [2.75, 3.05) is 6.61 Å². The van der Waals surface area contributed by atoms with E-state index in [9.17, 15) is 0 Å². The minimum Gasteiger partial charge on any atom is -0.378 e. The van der Waals surface area contributed by atoms with E-state index in [2.05, 4.69) is 10.1 Å². The average molecular weight is 265 g/mol. The molecule has 0 bridgehead atoms. The van der Waals surface area contributed by atoms with Crippen molar-refractivity contribution >= 4 is 0 Å². The third-order valence-electron chi connectivity index (χ3n) is 4.30. The van der Waals surface area contributed by atoms with Crippen molar-refractivity contribution in [3.63, 3.8) is 0 Å². The predicted molar refractivity (Wildman–Crippen MR) is 70.7 cm³/mol. The number of aromatic nitrogens is 2. The zero-order chi connectivity index (χ0) is 13.1. The minimum absolute atomic E-state index is 0.120. The first-order valence-electron chi connectivity index (χ1n) is 7.45. The van der Waals surface area contributed by atoms with Crippen LogP contribution in [-0.4, -0.2) is 28.4 Å². The second kappa shape index (κ2) is 5.59. The molecule has 1 aromatic rings. The monoisotopic (exact) mass is 265 g/mol. The summed E-state index contributed by atoms with van der Waals surface area (Å²) in [5, 5.41) is 4.06. The first kappa shape index (κ1) is 13.1. The van der Waals surface area contributed by atoms with Gasteiger partial charge in [0.25, 0.3) is 0 Å². The van der Waals surface area contributed by atoms with Gasteiger partial charge in [0.05, 0.1) is 6.10 Å². The Balaban J connectivity index is 1.56. The zero-order valence-corrected chi connectivity index (χ0v) is 11.4. The van der Waals surface area contributed by atoms with E-state index in [4.69, 9.17) is 15.0 Å². The largest absolute Gasteiger partial charge is 0.378 e. The quantitative estimate of drug-likeness (QED) is 0.901. The first-order valence-corrected chi connectivity index (χ1v) is 7.45. The summed E-state index contributed by atoms with van der Waals surface area (Å²) >= 11 is 0. The summed E-state index contributed by atoms with van der Waals surface area (Å²) in [6.07, 6.45) is 9.81. The lowest BCUT2D eigenvalue weighted by molar-refractivity contribution is 0.0153. The summed E-state index contributed by atoms with van der Waals surface area (Å²) in [5.41, 5.74) is 6.21. The molecule has 1 unspecified atom stereocenters. The molecular formula is C14H23N3O2. The molecule has 1 atom stereocenters. The number of hydrogen-bond donors (Lipinski definition) is 1. The van der Waals surface area contributed by atoms with Crippen LogP contribution in [0, 0.1) is 0 Å². The van der Waals surface area contributed by atoms with Crippen LogP contribution in [0.3, 0.4) is 0 Å². The summed E-state index contributed by atoms with van der Waals surface area (Å²) in [5.74, 6) is 1.46. The fraction of sp³-hybridized carbons (Fsp3) is 0.857. The van der Waals surface area contributed by atoms with E-state index in [1.54, 1.807) is 0 Å². The molecule has 1 saturated carbocycles. The molecule has 3 rings (SSSR count). The van der Waals surface area contributed by atoms with Crippen LogP contribution >= 0.6 is 0 Å². The summed E-state index contributed by atoms with van der Waals surface area (Å²) < 4.78 is 11.0. The lowest BCUT2D eigenvalue weighted by Crippen LogP contribution is -2.38. The molecule has 0 amide bonds. The van der Waals surface area contributed by atoms with Gasteiger partial charge in [0.2, 0.25) is 5.89 Å². The Labute approximate surface area is 113 Å². The summed E-state index contributed by atoms with van der Waals surface area (Å²) in [6, 6.07) is 0. The van der Waals surface area contributed by atoms with Crippen molar-refractivity contribution in [1.29, 1.82) is 0 Å². The molecule has 19 heavy (non-hydrogen) atoms. The van der Waals surface area contributed by atoms with E-state index in [1.165, 1.54) is 25.7 Å². The predicted octanol–water partition coefficient (Wildman–Crippen LogP) is 2.00. The van der Waals surface area contributed by atoms with E-state index in [-0.39, 0.29) is 11.6 Å². The Morgan fingerprint density at radius 1 is 1.21 bits per heavy atom. The number of nitrogens with two attached hydrogens (primary N) is 1. The van der Waals surface area contributed by atoms with E-state index >= 15 is 0 Å². The fourth-order valence-corrected chi connectivity index (χ4v) is 3.17. The highest BCUT2D eigenvalue weighted by Gasteiger charge is 2.31. The number of ether oxygens (including phenoxy) is 1. The highest BCUT2D eigenvalue weighted by molar-refractivity contribution is 4.99. The summed E-state index contributed by atoms with van der Waals surface area (Å²) in [4.78, 5) is 4.48. The second-order valence-corrected chi connectivity index (χ2v) is 6.04. The third-order valence-corrected chi connectivity index (χ3v) is 4.30. The maximum Gasteiger partial charge on any atom is 0.228 e. The Morgan fingerprint density at radius 2 is 2.05 bits per heavy atom. The summed E-state index contributed by atoms with van der Waals surface area (Å²) in [6.45, 7) is 0.862. The standard InChI is InChI=1S/C14H23N3O2/c15-14(6-2-3-7-14)10-13-16-12(17-19-13)9-11-5-1-4-8-18-11/h11H,1-10,15H2. The first-order chi connectivity index (χ1) is 9.23. The van der Waals surface area contributed by atoms with Gasteiger partial charge in [-0.05, 0) is 32.1 Å². The third kappa shape index (κ3) is 3.34. The van der Waals surface area contributed by atoms with Crippen LogP contribution in [0.1, 0.15) is 56.7 Å². The fourth-order valence-electron chi connectivity index (χ4n) is 3.17. The van der Waals surface area contributed by atoms with Crippen LogP contribution in [0.25, 0.3) is 0 Å². The maximum atomic E-state index is 6.33. The molecule has 2 aliphatic rings. The lowest BCUT2D eigenvalue weighted by atomic mass is 9.95. The molecule has 106 valence electrons. The minimum atomic E-state index is -0.120. The van der Waals surface area contributed by atoms with E-state index in [0.29, 0.717) is 12.3 Å². The second-order valence-electron chi connectivity index (χ2n) is 6.04. The van der Waals surface area contributed by atoms with Crippen LogP contribution in [0.2, 0.25) is 0 Å². The van der Waals surface area contributed by atoms with E-state index in [0.717, 1.165) is 38.1 Å². The normalized spacial score (nSPS) is 26.7. The van der Waals surface area contributed by atoms with Crippen LogP contribution < -0.4 is 5.73 Å². The maximum absolute atomic E-state index is 6.33. The smallest absolute Gasteiger partial charge is 0.228 e. The molecule has 0 spiro atoms. The lowest BCUT2D eigenvalue weighted by Gasteiger charge is -2.21. The van der Waals surface area contributed by atoms with Crippen LogP contribution in [-0.2, 0) is 17.6 Å². The number of rotatable bonds is 4. The van der Waals surface area contributed by atoms with Gasteiger partial charge < -0.3 is 15.0 Å². The van der Waals surface area contributed by atoms with Crippen molar-refractivity contribution in [1.82, 2.24) is 10.1 Å². The molecule has 1 aromatic heterocycles. The molecule has 0 radical (unpaired) electrons. The molecule has 1 saturated heterocycles. The Bertz CT molecular complexity index is 407. The highest BCUT2D eigenvalue weighted by Crippen LogP contribution is 2.30. The Hall–Kier alpha value is -0.940. The average Bonchev–Trinajstić information content (AvgIpc) is 3.01. The van der Waals surface area contributed by atoms with Crippen molar-refractivity contribution in [2.45, 2.75) is 69.4 Å². The molecule has 5 heteroatoms. The van der Waals surface area contributed by atoms with E-state index in [1.807, 2.05) is 0 Å². The van der Waals surface area contributed by atoms with Gasteiger partial charge in [-0.25, -0.2) is 0 Å². The molecule has 0 aromatic carbocycles. The molecule has 2 N–H and O–H groups in total. The van der Waals surface area contributed by atoms with Gasteiger partial charge in [-0.15, -0.1) is 0 Å². The van der Waals surface area contributed by atoms with Gasteiger partial charge in [0.1, 0.15) is 0 Å². The number of hydrogen-bond acceptors (Lipinski definition) is 5.